The van der Waals surface area contributed by atoms with E-state index < -0.39 is 17.6 Å². The van der Waals surface area contributed by atoms with E-state index in [1.807, 2.05) is 0 Å². The van der Waals surface area contributed by atoms with E-state index in [1.54, 1.807) is 12.1 Å². The number of amides is 1. The maximum absolute atomic E-state index is 12.6. The summed E-state index contributed by atoms with van der Waals surface area (Å²) in [6.07, 6.45) is -3.24. The molecule has 0 spiro atoms. The second-order valence-electron chi connectivity index (χ2n) is 4.76. The molecule has 0 saturated carbocycles. The Morgan fingerprint density at radius 1 is 1.17 bits per heavy atom. The van der Waals surface area contributed by atoms with Crippen LogP contribution in [0.4, 0.5) is 13.2 Å². The van der Waals surface area contributed by atoms with Gasteiger partial charge < -0.3 is 5.11 Å². The van der Waals surface area contributed by atoms with Crippen LogP contribution >= 0.6 is 0 Å². The lowest BCUT2D eigenvalue weighted by atomic mass is 10.1. The summed E-state index contributed by atoms with van der Waals surface area (Å²) in [4.78, 5) is 11.6. The molecule has 0 aliphatic heterocycles. The quantitative estimate of drug-likeness (QED) is 0.671. The van der Waals surface area contributed by atoms with Crippen molar-refractivity contribution in [1.29, 1.82) is 0 Å². The fourth-order valence-corrected chi connectivity index (χ4v) is 1.81. The summed E-state index contributed by atoms with van der Waals surface area (Å²) >= 11 is 0. The topological polar surface area (TPSA) is 61.7 Å². The van der Waals surface area contributed by atoms with Gasteiger partial charge in [-0.05, 0) is 35.4 Å². The number of rotatable bonds is 4. The number of nitrogens with zero attached hydrogens (tertiary/aromatic N) is 1. The molecule has 2 aromatic rings. The molecule has 0 saturated heterocycles. The molecule has 2 aromatic carbocycles. The zero-order valence-corrected chi connectivity index (χ0v) is 11.8. The van der Waals surface area contributed by atoms with Crippen LogP contribution < -0.4 is 5.43 Å². The molecule has 0 aromatic heterocycles. The monoisotopic (exact) mass is 322 g/mol. The molecule has 7 heteroatoms. The van der Waals surface area contributed by atoms with Crippen molar-refractivity contribution in [2.75, 3.05) is 0 Å². The summed E-state index contributed by atoms with van der Waals surface area (Å²) in [5, 5.41) is 12.8. The van der Waals surface area contributed by atoms with E-state index in [-0.39, 0.29) is 17.7 Å². The SMILES string of the molecule is O=C(Cc1ccc(O)cc1)N/N=C\c1cccc(C(F)(F)F)c1. The first kappa shape index (κ1) is 16.5. The summed E-state index contributed by atoms with van der Waals surface area (Å²) < 4.78 is 37.7. The first-order chi connectivity index (χ1) is 10.8. The third-order valence-corrected chi connectivity index (χ3v) is 2.92. The first-order valence-electron chi connectivity index (χ1n) is 6.61. The van der Waals surface area contributed by atoms with E-state index in [9.17, 15) is 18.0 Å². The molecule has 0 atom stereocenters. The summed E-state index contributed by atoms with van der Waals surface area (Å²) in [5.74, 6) is -0.323. The fourth-order valence-electron chi connectivity index (χ4n) is 1.81. The Morgan fingerprint density at radius 2 is 1.87 bits per heavy atom. The van der Waals surface area contributed by atoms with Gasteiger partial charge in [0.1, 0.15) is 5.75 Å². The van der Waals surface area contributed by atoms with Gasteiger partial charge in [0.2, 0.25) is 5.91 Å². The average molecular weight is 322 g/mol. The van der Waals surface area contributed by atoms with Crippen LogP contribution in [0.1, 0.15) is 16.7 Å². The number of aromatic hydroxyl groups is 1. The highest BCUT2D eigenvalue weighted by Gasteiger charge is 2.30. The number of alkyl halides is 3. The minimum atomic E-state index is -4.42. The van der Waals surface area contributed by atoms with Crippen LogP contribution in [0.3, 0.4) is 0 Å². The van der Waals surface area contributed by atoms with E-state index in [4.69, 9.17) is 5.11 Å². The largest absolute Gasteiger partial charge is 0.508 e. The second-order valence-corrected chi connectivity index (χ2v) is 4.76. The number of phenolic OH excluding ortho intramolecular Hbond substituents is 1. The number of nitrogens with one attached hydrogen (secondary N) is 1. The summed E-state index contributed by atoms with van der Waals surface area (Å²) in [6.45, 7) is 0. The Labute approximate surface area is 130 Å². The van der Waals surface area contributed by atoms with Gasteiger partial charge in [-0.3, -0.25) is 4.79 Å². The number of hydrogen-bond acceptors (Lipinski definition) is 3. The Hall–Kier alpha value is -2.83. The van der Waals surface area contributed by atoms with E-state index in [0.29, 0.717) is 5.56 Å². The minimum Gasteiger partial charge on any atom is -0.508 e. The van der Waals surface area contributed by atoms with E-state index in [2.05, 4.69) is 10.5 Å². The lowest BCUT2D eigenvalue weighted by molar-refractivity contribution is -0.137. The van der Waals surface area contributed by atoms with Gasteiger partial charge in [0.15, 0.2) is 0 Å². The predicted molar refractivity (Wildman–Crippen MR) is 79.0 cm³/mol. The molecule has 120 valence electrons. The zero-order valence-electron chi connectivity index (χ0n) is 11.8. The van der Waals surface area contributed by atoms with Crippen molar-refractivity contribution in [2.24, 2.45) is 5.10 Å². The second kappa shape index (κ2) is 6.95. The standard InChI is InChI=1S/C16H13F3N2O2/c17-16(18,19)13-3-1-2-12(8-13)10-20-21-15(23)9-11-4-6-14(22)7-5-11/h1-8,10,22H,9H2,(H,21,23)/b20-10-. The summed E-state index contributed by atoms with van der Waals surface area (Å²) in [7, 11) is 0. The zero-order chi connectivity index (χ0) is 16.9. The lowest BCUT2D eigenvalue weighted by Gasteiger charge is -2.06. The van der Waals surface area contributed by atoms with Crippen molar-refractivity contribution in [3.05, 3.63) is 65.2 Å². The van der Waals surface area contributed by atoms with Gasteiger partial charge in [-0.1, -0.05) is 24.3 Å². The van der Waals surface area contributed by atoms with Gasteiger partial charge in [0.05, 0.1) is 18.2 Å². The van der Waals surface area contributed by atoms with Crippen molar-refractivity contribution in [1.82, 2.24) is 5.43 Å². The van der Waals surface area contributed by atoms with Crippen molar-refractivity contribution in [3.63, 3.8) is 0 Å². The maximum Gasteiger partial charge on any atom is 0.416 e. The highest BCUT2D eigenvalue weighted by Crippen LogP contribution is 2.29. The molecule has 2 N–H and O–H groups in total. The van der Waals surface area contributed by atoms with Crippen molar-refractivity contribution < 1.29 is 23.1 Å². The third-order valence-electron chi connectivity index (χ3n) is 2.92. The fraction of sp³-hybridized carbons (Fsp3) is 0.125. The Morgan fingerprint density at radius 3 is 2.52 bits per heavy atom. The van der Waals surface area contributed by atoms with Crippen LogP contribution in [0.2, 0.25) is 0 Å². The molecule has 0 aliphatic carbocycles. The van der Waals surface area contributed by atoms with Crippen LogP contribution in [0.25, 0.3) is 0 Å². The highest BCUT2D eigenvalue weighted by molar-refractivity contribution is 5.83. The molecular weight excluding hydrogens is 309 g/mol. The number of halogens is 3. The first-order valence-corrected chi connectivity index (χ1v) is 6.61. The minimum absolute atomic E-state index is 0.0419. The molecule has 23 heavy (non-hydrogen) atoms. The number of hydrogen-bond donors (Lipinski definition) is 2. The number of carbonyl (C=O) groups excluding carboxylic acids is 1. The number of phenols is 1. The van der Waals surface area contributed by atoms with Crippen LogP contribution in [0, 0.1) is 0 Å². The highest BCUT2D eigenvalue weighted by atomic mass is 19.4. The summed E-state index contributed by atoms with van der Waals surface area (Å²) in [6, 6.07) is 10.7. The van der Waals surface area contributed by atoms with Crippen LogP contribution in [-0.4, -0.2) is 17.2 Å². The normalized spacial score (nSPS) is 11.6. The molecule has 0 unspecified atom stereocenters. The van der Waals surface area contributed by atoms with E-state index >= 15 is 0 Å². The van der Waals surface area contributed by atoms with Crippen LogP contribution in [0.5, 0.6) is 5.75 Å². The molecule has 0 fully saturated rings. The smallest absolute Gasteiger partial charge is 0.416 e. The Bertz CT molecular complexity index is 710. The summed E-state index contributed by atoms with van der Waals surface area (Å²) in [5.41, 5.74) is 2.36. The molecular formula is C16H13F3N2O2. The number of hydrazone groups is 1. The van der Waals surface area contributed by atoms with Crippen LogP contribution in [-0.2, 0) is 17.4 Å². The van der Waals surface area contributed by atoms with Gasteiger partial charge in [-0.25, -0.2) is 5.43 Å². The van der Waals surface area contributed by atoms with Gasteiger partial charge in [-0.2, -0.15) is 18.3 Å². The molecule has 0 bridgehead atoms. The third kappa shape index (κ3) is 5.14. The van der Waals surface area contributed by atoms with Gasteiger partial charge in [-0.15, -0.1) is 0 Å². The Kier molecular flexibility index (Phi) is 5.00. The molecule has 0 aliphatic rings. The lowest BCUT2D eigenvalue weighted by Crippen LogP contribution is -2.19. The van der Waals surface area contributed by atoms with Crippen molar-refractivity contribution >= 4 is 12.1 Å². The van der Waals surface area contributed by atoms with E-state index in [1.165, 1.54) is 24.3 Å². The molecule has 2 rings (SSSR count). The average Bonchev–Trinajstić information content (AvgIpc) is 2.49. The van der Waals surface area contributed by atoms with Crippen molar-refractivity contribution in [2.45, 2.75) is 12.6 Å². The van der Waals surface area contributed by atoms with Gasteiger partial charge >= 0.3 is 6.18 Å². The maximum atomic E-state index is 12.6. The van der Waals surface area contributed by atoms with Crippen LogP contribution in [0.15, 0.2) is 53.6 Å². The van der Waals surface area contributed by atoms with E-state index in [0.717, 1.165) is 18.3 Å². The molecule has 4 nitrogen and oxygen atoms in total. The molecule has 1 amide bonds. The number of carbonyl (C=O) groups is 1. The van der Waals surface area contributed by atoms with Crippen molar-refractivity contribution in [3.8, 4) is 5.75 Å². The van der Waals surface area contributed by atoms with Gasteiger partial charge in [0, 0.05) is 0 Å². The van der Waals surface area contributed by atoms with Gasteiger partial charge in [0.25, 0.3) is 0 Å². The number of benzene rings is 2. The Balaban J connectivity index is 1.93. The molecule has 0 heterocycles. The predicted octanol–water partition coefficient (Wildman–Crippen LogP) is 3.10. The molecule has 0 radical (unpaired) electrons.